The smallest absolute Gasteiger partial charge is 0.191 e. The van der Waals surface area contributed by atoms with Gasteiger partial charge in [0.05, 0.1) is 12.2 Å². The van der Waals surface area contributed by atoms with Crippen LogP contribution in [0.5, 0.6) is 0 Å². The van der Waals surface area contributed by atoms with Gasteiger partial charge in [0.25, 0.3) is 0 Å². The number of nitrogens with zero attached hydrogens (tertiary/aromatic N) is 3. The second-order valence-electron chi connectivity index (χ2n) is 3.74. The van der Waals surface area contributed by atoms with Gasteiger partial charge in [0.15, 0.2) is 5.96 Å². The van der Waals surface area contributed by atoms with Crippen molar-refractivity contribution in [1.29, 1.82) is 0 Å². The van der Waals surface area contributed by atoms with E-state index in [0.717, 1.165) is 10.7 Å². The van der Waals surface area contributed by atoms with Gasteiger partial charge in [-0.2, -0.15) is 0 Å². The molecule has 0 saturated carbocycles. The van der Waals surface area contributed by atoms with E-state index < -0.39 is 0 Å². The Labute approximate surface area is 129 Å². The van der Waals surface area contributed by atoms with Crippen molar-refractivity contribution in [3.63, 3.8) is 0 Å². The van der Waals surface area contributed by atoms with Crippen molar-refractivity contribution in [3.05, 3.63) is 16.1 Å². The minimum atomic E-state index is 0. The molecule has 5 nitrogen and oxygen atoms in total. The third-order valence-corrected chi connectivity index (χ3v) is 3.44. The van der Waals surface area contributed by atoms with Gasteiger partial charge in [0.1, 0.15) is 11.1 Å². The van der Waals surface area contributed by atoms with Crippen LogP contribution in [0.25, 0.3) is 0 Å². The Morgan fingerprint density at radius 3 is 2.89 bits per heavy atom. The molecule has 0 aliphatic rings. The molecule has 0 aliphatic heterocycles. The van der Waals surface area contributed by atoms with Crippen LogP contribution >= 0.6 is 35.3 Å². The summed E-state index contributed by atoms with van der Waals surface area (Å²) in [7, 11) is 3.59. The van der Waals surface area contributed by atoms with Gasteiger partial charge in [0.2, 0.25) is 0 Å². The zero-order valence-corrected chi connectivity index (χ0v) is 14.4. The maximum atomic E-state index is 5.80. The molecule has 0 amide bonds. The minimum absolute atomic E-state index is 0. The Bertz CT molecular complexity index is 383. The molecule has 0 spiro atoms. The Kier molecular flexibility index (Phi) is 8.45. The van der Waals surface area contributed by atoms with E-state index in [1.807, 2.05) is 31.2 Å². The average molecular weight is 384 g/mol. The Hall–Kier alpha value is -0.410. The lowest BCUT2D eigenvalue weighted by Crippen LogP contribution is -2.33. The molecule has 1 unspecified atom stereocenters. The molecule has 0 fully saturated rings. The third kappa shape index (κ3) is 5.07. The molecule has 1 aromatic rings. The first-order valence-corrected chi connectivity index (χ1v) is 6.44. The molecule has 2 N–H and O–H groups in total. The van der Waals surface area contributed by atoms with Crippen LogP contribution in [0, 0.1) is 0 Å². The molecule has 104 valence electrons. The third-order valence-electron chi connectivity index (χ3n) is 2.38. The highest BCUT2D eigenvalue weighted by atomic mass is 127. The summed E-state index contributed by atoms with van der Waals surface area (Å²) >= 11 is 1.61. The summed E-state index contributed by atoms with van der Waals surface area (Å²) in [6, 6.07) is 0. The molecular formula is C11H21IN4OS. The molecule has 0 aromatic carbocycles. The number of hydrogen-bond donors (Lipinski definition) is 1. The van der Waals surface area contributed by atoms with Crippen LogP contribution in [0.3, 0.4) is 0 Å². The topological polar surface area (TPSA) is 63.7 Å². The van der Waals surface area contributed by atoms with Crippen LogP contribution < -0.4 is 5.73 Å². The van der Waals surface area contributed by atoms with Crippen LogP contribution in [-0.4, -0.2) is 36.5 Å². The van der Waals surface area contributed by atoms with Gasteiger partial charge < -0.3 is 15.4 Å². The molecule has 0 radical (unpaired) electrons. The summed E-state index contributed by atoms with van der Waals surface area (Å²) in [4.78, 5) is 10.5. The molecule has 1 heterocycles. The van der Waals surface area contributed by atoms with Crippen LogP contribution in [0.2, 0.25) is 0 Å². The van der Waals surface area contributed by atoms with Crippen molar-refractivity contribution < 1.29 is 4.74 Å². The zero-order valence-electron chi connectivity index (χ0n) is 11.2. The summed E-state index contributed by atoms with van der Waals surface area (Å²) in [6.07, 6.45) is 0.0423. The lowest BCUT2D eigenvalue weighted by atomic mass is 10.4. The average Bonchev–Trinajstić information content (AvgIpc) is 2.76. The molecule has 7 heteroatoms. The van der Waals surface area contributed by atoms with Crippen LogP contribution in [0.15, 0.2) is 10.4 Å². The number of aromatic nitrogens is 1. The van der Waals surface area contributed by atoms with Crippen molar-refractivity contribution in [2.45, 2.75) is 26.5 Å². The normalized spacial score (nSPS) is 13.0. The van der Waals surface area contributed by atoms with Gasteiger partial charge in [-0.3, -0.25) is 4.99 Å². The van der Waals surface area contributed by atoms with Gasteiger partial charge in [-0.15, -0.1) is 35.3 Å². The number of nitrogens with two attached hydrogens (primary N) is 1. The van der Waals surface area contributed by atoms with Crippen LogP contribution in [0.1, 0.15) is 30.7 Å². The minimum Gasteiger partial charge on any atom is -0.375 e. The first-order chi connectivity index (χ1) is 8.08. The number of guanidine groups is 1. The Morgan fingerprint density at radius 1 is 1.67 bits per heavy atom. The lowest BCUT2D eigenvalue weighted by Gasteiger charge is -2.16. The van der Waals surface area contributed by atoms with E-state index in [0.29, 0.717) is 19.0 Å². The number of halogens is 1. The molecule has 0 bridgehead atoms. The van der Waals surface area contributed by atoms with Gasteiger partial charge >= 0.3 is 0 Å². The number of thiazole rings is 1. The predicted molar refractivity (Wildman–Crippen MR) is 86.6 cm³/mol. The molecular weight excluding hydrogens is 363 g/mol. The molecule has 1 atom stereocenters. The fraction of sp³-hybridized carbons (Fsp3) is 0.636. The number of methoxy groups -OCH3 is 1. The van der Waals surface area contributed by atoms with E-state index in [-0.39, 0.29) is 30.1 Å². The van der Waals surface area contributed by atoms with E-state index in [4.69, 9.17) is 10.5 Å². The fourth-order valence-corrected chi connectivity index (χ4v) is 2.13. The predicted octanol–water partition coefficient (Wildman–Crippen LogP) is 2.23. The van der Waals surface area contributed by atoms with Crippen molar-refractivity contribution in [2.75, 3.05) is 20.7 Å². The lowest BCUT2D eigenvalue weighted by molar-refractivity contribution is 0.119. The van der Waals surface area contributed by atoms with Gasteiger partial charge in [-0.1, -0.05) is 0 Å². The second kappa shape index (κ2) is 8.65. The summed E-state index contributed by atoms with van der Waals surface area (Å²) < 4.78 is 5.23. The van der Waals surface area contributed by atoms with E-state index >= 15 is 0 Å². The van der Waals surface area contributed by atoms with Crippen molar-refractivity contribution >= 4 is 41.3 Å². The highest BCUT2D eigenvalue weighted by molar-refractivity contribution is 14.0. The first kappa shape index (κ1) is 17.6. The summed E-state index contributed by atoms with van der Waals surface area (Å²) in [5.74, 6) is 0.543. The van der Waals surface area contributed by atoms with Crippen molar-refractivity contribution in [3.8, 4) is 0 Å². The van der Waals surface area contributed by atoms with Crippen molar-refractivity contribution in [1.82, 2.24) is 9.88 Å². The summed E-state index contributed by atoms with van der Waals surface area (Å²) in [6.45, 7) is 5.31. The fourth-order valence-electron chi connectivity index (χ4n) is 1.29. The first-order valence-electron chi connectivity index (χ1n) is 5.56. The standard InChI is InChI=1S/C11H20N4OS.HI/c1-5-13-11(12)15(3)6-9-7-17-10(14-9)8(2)16-4;/h7-8H,5-6H2,1-4H3,(H2,12,13);1H. The molecule has 1 aromatic heterocycles. The van der Waals surface area contributed by atoms with Crippen LogP contribution in [0.4, 0.5) is 0 Å². The highest BCUT2D eigenvalue weighted by Crippen LogP contribution is 2.20. The summed E-state index contributed by atoms with van der Waals surface area (Å²) in [5, 5.41) is 3.02. The molecule has 1 rings (SSSR count). The van der Waals surface area contributed by atoms with E-state index in [1.54, 1.807) is 18.4 Å². The largest absolute Gasteiger partial charge is 0.375 e. The van der Waals surface area contributed by atoms with E-state index in [2.05, 4.69) is 9.98 Å². The number of ether oxygens (including phenoxy) is 1. The highest BCUT2D eigenvalue weighted by Gasteiger charge is 2.11. The van der Waals surface area contributed by atoms with Gasteiger partial charge in [0, 0.05) is 26.1 Å². The van der Waals surface area contributed by atoms with E-state index in [9.17, 15) is 0 Å². The van der Waals surface area contributed by atoms with Crippen molar-refractivity contribution in [2.24, 2.45) is 10.7 Å². The summed E-state index contributed by atoms with van der Waals surface area (Å²) in [5.41, 5.74) is 6.79. The monoisotopic (exact) mass is 384 g/mol. The van der Waals surface area contributed by atoms with E-state index in [1.165, 1.54) is 0 Å². The molecule has 0 aliphatic carbocycles. The maximum absolute atomic E-state index is 5.80. The zero-order chi connectivity index (χ0) is 12.8. The number of rotatable bonds is 5. The molecule has 0 saturated heterocycles. The second-order valence-corrected chi connectivity index (χ2v) is 4.63. The van der Waals surface area contributed by atoms with Gasteiger partial charge in [-0.05, 0) is 13.8 Å². The quantitative estimate of drug-likeness (QED) is 0.481. The Balaban J connectivity index is 0.00000289. The van der Waals surface area contributed by atoms with Crippen LogP contribution in [-0.2, 0) is 11.3 Å². The Morgan fingerprint density at radius 2 is 2.33 bits per heavy atom. The van der Waals surface area contributed by atoms with Gasteiger partial charge in [-0.25, -0.2) is 4.98 Å². The number of aliphatic imine (C=N–C) groups is 1. The maximum Gasteiger partial charge on any atom is 0.191 e. The molecule has 18 heavy (non-hydrogen) atoms. The number of hydrogen-bond acceptors (Lipinski definition) is 4. The SMILES string of the molecule is CCN=C(N)N(C)Cc1csc(C(C)OC)n1.I.